The highest BCUT2D eigenvalue weighted by atomic mass is 16.5. The van der Waals surface area contributed by atoms with E-state index in [1.54, 1.807) is 0 Å². The van der Waals surface area contributed by atoms with Gasteiger partial charge in [-0.2, -0.15) is 0 Å². The van der Waals surface area contributed by atoms with Gasteiger partial charge in [-0.15, -0.1) is 0 Å². The van der Waals surface area contributed by atoms with Crippen molar-refractivity contribution in [2.75, 3.05) is 53.4 Å². The minimum atomic E-state index is 0.430. The van der Waals surface area contributed by atoms with Gasteiger partial charge in [0.15, 0.2) is 0 Å². The van der Waals surface area contributed by atoms with Gasteiger partial charge >= 0.3 is 0 Å². The Kier molecular flexibility index (Phi) is 2.54. The number of ether oxygens (including phenoxy) is 1. The molecule has 102 valence electrons. The number of rotatable bonds is 1. The molecule has 4 nitrogen and oxygen atoms in total. The van der Waals surface area contributed by atoms with Gasteiger partial charge in [-0.05, 0) is 20.5 Å². The minimum absolute atomic E-state index is 0.430. The lowest BCUT2D eigenvalue weighted by atomic mass is 9.90. The fourth-order valence-electron chi connectivity index (χ4n) is 4.74. The highest BCUT2D eigenvalue weighted by Crippen LogP contribution is 2.55. The van der Waals surface area contributed by atoms with E-state index in [1.807, 2.05) is 0 Å². The molecule has 4 aliphatic rings. The topological polar surface area (TPSA) is 27.7 Å². The number of hydrogen-bond acceptors (Lipinski definition) is 4. The van der Waals surface area contributed by atoms with Crippen LogP contribution in [0.2, 0.25) is 0 Å². The fraction of sp³-hybridized carbons (Fsp3) is 1.00. The lowest BCUT2D eigenvalue weighted by molar-refractivity contribution is 0.0378. The van der Waals surface area contributed by atoms with E-state index in [0.29, 0.717) is 11.6 Å². The maximum atomic E-state index is 6.19. The van der Waals surface area contributed by atoms with Gasteiger partial charge in [0.1, 0.15) is 0 Å². The number of nitrogens with zero attached hydrogens (tertiary/aromatic N) is 2. The normalized spacial score (nSPS) is 53.0. The predicted octanol–water partition coefficient (Wildman–Crippen LogP) is -0.143. The number of likely N-dealkylation sites (tertiary alicyclic amines) is 1. The van der Waals surface area contributed by atoms with Crippen LogP contribution in [0.5, 0.6) is 0 Å². The van der Waals surface area contributed by atoms with Gasteiger partial charge in [0.05, 0.1) is 12.7 Å². The second kappa shape index (κ2) is 3.92. The van der Waals surface area contributed by atoms with Crippen LogP contribution in [0, 0.1) is 17.8 Å². The minimum Gasteiger partial charge on any atom is -0.377 e. The van der Waals surface area contributed by atoms with E-state index in [2.05, 4.69) is 29.2 Å². The van der Waals surface area contributed by atoms with Gasteiger partial charge in [-0.25, -0.2) is 0 Å². The number of nitrogens with one attached hydrogen (secondary N) is 1. The summed E-state index contributed by atoms with van der Waals surface area (Å²) < 4.78 is 6.19. The van der Waals surface area contributed by atoms with E-state index in [-0.39, 0.29) is 0 Å². The molecule has 3 aliphatic heterocycles. The molecule has 0 aromatic carbocycles. The molecular weight excluding hydrogens is 226 g/mol. The third kappa shape index (κ3) is 1.52. The van der Waals surface area contributed by atoms with Crippen molar-refractivity contribution in [2.24, 2.45) is 17.8 Å². The van der Waals surface area contributed by atoms with Crippen molar-refractivity contribution < 1.29 is 4.74 Å². The zero-order chi connectivity index (χ0) is 12.3. The summed E-state index contributed by atoms with van der Waals surface area (Å²) >= 11 is 0. The van der Waals surface area contributed by atoms with Gasteiger partial charge in [0, 0.05) is 56.0 Å². The highest BCUT2D eigenvalue weighted by Gasteiger charge is 2.64. The van der Waals surface area contributed by atoms with Crippen molar-refractivity contribution in [3.63, 3.8) is 0 Å². The molecule has 0 aromatic rings. The lowest BCUT2D eigenvalue weighted by Crippen LogP contribution is -2.53. The monoisotopic (exact) mass is 251 g/mol. The van der Waals surface area contributed by atoms with Crippen LogP contribution in [-0.4, -0.2) is 74.9 Å². The summed E-state index contributed by atoms with van der Waals surface area (Å²) in [6, 6.07) is 0. The second-order valence-electron chi connectivity index (χ2n) is 6.96. The summed E-state index contributed by atoms with van der Waals surface area (Å²) in [5, 5.41) is 3.58. The van der Waals surface area contributed by atoms with E-state index < -0.39 is 0 Å². The van der Waals surface area contributed by atoms with E-state index in [4.69, 9.17) is 4.74 Å². The van der Waals surface area contributed by atoms with Crippen molar-refractivity contribution in [1.29, 1.82) is 0 Å². The van der Waals surface area contributed by atoms with Crippen molar-refractivity contribution in [3.8, 4) is 0 Å². The quantitative estimate of drug-likeness (QED) is 0.702. The average molecular weight is 251 g/mol. The van der Waals surface area contributed by atoms with Gasteiger partial charge in [0.2, 0.25) is 0 Å². The molecule has 0 aromatic heterocycles. The molecule has 1 aliphatic carbocycles. The van der Waals surface area contributed by atoms with Gasteiger partial charge < -0.3 is 15.0 Å². The van der Waals surface area contributed by atoms with E-state index >= 15 is 0 Å². The summed E-state index contributed by atoms with van der Waals surface area (Å²) in [5.74, 6) is 2.38. The Morgan fingerprint density at radius 1 is 1.28 bits per heavy atom. The molecule has 1 spiro atoms. The van der Waals surface area contributed by atoms with E-state index in [0.717, 1.165) is 30.9 Å². The Balaban J connectivity index is 1.49. The lowest BCUT2D eigenvalue weighted by Gasteiger charge is -2.36. The maximum absolute atomic E-state index is 6.19. The summed E-state index contributed by atoms with van der Waals surface area (Å²) in [4.78, 5) is 5.08. The number of piperazine rings is 1. The first-order valence-corrected chi connectivity index (χ1v) is 7.43. The van der Waals surface area contributed by atoms with Crippen molar-refractivity contribution in [1.82, 2.24) is 15.1 Å². The maximum Gasteiger partial charge on any atom is 0.0666 e. The fourth-order valence-corrected chi connectivity index (χ4v) is 4.74. The van der Waals surface area contributed by atoms with Crippen LogP contribution in [0.1, 0.15) is 6.42 Å². The van der Waals surface area contributed by atoms with Crippen LogP contribution in [-0.2, 0) is 4.74 Å². The van der Waals surface area contributed by atoms with Crippen LogP contribution in [0.15, 0.2) is 0 Å². The summed E-state index contributed by atoms with van der Waals surface area (Å²) in [6.07, 6.45) is 1.87. The zero-order valence-electron chi connectivity index (χ0n) is 11.6. The molecule has 18 heavy (non-hydrogen) atoms. The third-order valence-corrected chi connectivity index (χ3v) is 5.91. The molecule has 3 saturated heterocycles. The largest absolute Gasteiger partial charge is 0.377 e. The first-order valence-electron chi connectivity index (χ1n) is 7.43. The van der Waals surface area contributed by atoms with Crippen molar-refractivity contribution in [3.05, 3.63) is 0 Å². The molecular formula is C14H25N3O. The van der Waals surface area contributed by atoms with Crippen LogP contribution in [0.4, 0.5) is 0 Å². The van der Waals surface area contributed by atoms with Crippen molar-refractivity contribution in [2.45, 2.75) is 18.1 Å². The molecule has 5 unspecified atom stereocenters. The standard InChI is InChI=1S/C14H25N3O/c1-16-6-10-8-18-13(11(10)7-16)12-5-14(12)9-15-3-4-17(14)2/h10-13,15H,3-9H2,1-2H3. The number of likely N-dealkylation sites (N-methyl/N-ethyl adjacent to an activating group) is 1. The summed E-state index contributed by atoms with van der Waals surface area (Å²) in [6.45, 7) is 7.00. The Bertz CT molecular complexity index is 350. The molecule has 0 radical (unpaired) electrons. The molecule has 0 amide bonds. The van der Waals surface area contributed by atoms with Crippen LogP contribution >= 0.6 is 0 Å². The molecule has 0 bridgehead atoms. The first kappa shape index (κ1) is 11.6. The molecule has 3 heterocycles. The van der Waals surface area contributed by atoms with E-state index in [9.17, 15) is 0 Å². The Hall–Kier alpha value is -0.160. The number of fused-ring (bicyclic) bond motifs is 1. The highest BCUT2D eigenvalue weighted by molar-refractivity contribution is 5.18. The molecule has 5 atom stereocenters. The SMILES string of the molecule is CN1CC2COC(C3CC34CNCCN4C)C2C1. The van der Waals surface area contributed by atoms with Gasteiger partial charge in [0.25, 0.3) is 0 Å². The Morgan fingerprint density at radius 2 is 2.17 bits per heavy atom. The summed E-state index contributed by atoms with van der Waals surface area (Å²) in [5.41, 5.74) is 0.430. The van der Waals surface area contributed by atoms with Crippen LogP contribution < -0.4 is 5.32 Å². The van der Waals surface area contributed by atoms with Crippen LogP contribution in [0.25, 0.3) is 0 Å². The van der Waals surface area contributed by atoms with E-state index in [1.165, 1.54) is 32.6 Å². The number of hydrogen-bond donors (Lipinski definition) is 1. The van der Waals surface area contributed by atoms with Gasteiger partial charge in [-0.1, -0.05) is 0 Å². The third-order valence-electron chi connectivity index (χ3n) is 5.91. The molecule has 1 N–H and O–H groups in total. The van der Waals surface area contributed by atoms with Crippen molar-refractivity contribution >= 4 is 0 Å². The Morgan fingerprint density at radius 3 is 3.00 bits per heavy atom. The predicted molar refractivity (Wildman–Crippen MR) is 70.6 cm³/mol. The molecule has 4 heteroatoms. The average Bonchev–Trinajstić information content (AvgIpc) is 2.72. The molecule has 1 saturated carbocycles. The van der Waals surface area contributed by atoms with Gasteiger partial charge in [-0.3, -0.25) is 4.90 Å². The molecule has 4 rings (SSSR count). The van der Waals surface area contributed by atoms with Crippen LogP contribution in [0.3, 0.4) is 0 Å². The summed E-state index contributed by atoms with van der Waals surface area (Å²) in [7, 11) is 4.56. The zero-order valence-corrected chi connectivity index (χ0v) is 11.6. The Labute approximate surface area is 110 Å². The second-order valence-corrected chi connectivity index (χ2v) is 6.96. The smallest absolute Gasteiger partial charge is 0.0666 e. The first-order chi connectivity index (χ1) is 8.71. The molecule has 4 fully saturated rings.